The van der Waals surface area contributed by atoms with Crippen molar-refractivity contribution in [2.24, 2.45) is 5.92 Å². The van der Waals surface area contributed by atoms with Gasteiger partial charge in [-0.1, -0.05) is 11.6 Å². The fourth-order valence-electron chi connectivity index (χ4n) is 2.80. The maximum Gasteiger partial charge on any atom is 0.255 e. The minimum Gasteiger partial charge on any atom is -0.338 e. The molecule has 0 radical (unpaired) electrons. The van der Waals surface area contributed by atoms with Crippen molar-refractivity contribution < 1.29 is 13.6 Å². The number of nitrogens with one attached hydrogen (secondary N) is 1. The fourth-order valence-corrected chi connectivity index (χ4v) is 3.03. The Morgan fingerprint density at radius 1 is 1.17 bits per heavy atom. The molecule has 2 fully saturated rings. The molecular formula is C16H20Cl2F2N2O. The van der Waals surface area contributed by atoms with E-state index in [1.165, 1.54) is 12.8 Å². The van der Waals surface area contributed by atoms with E-state index < -0.39 is 11.6 Å². The highest BCUT2D eigenvalue weighted by molar-refractivity contribution is 6.33. The standard InChI is InChI=1S/C16H19ClF2N2O.ClH/c17-13-8-15(19)14(18)7-12(13)16(22)21-5-3-11(4-6-21)20-9-10-1-2-10;/h7-8,10-11,20H,1-6,9H2;1H. The summed E-state index contributed by atoms with van der Waals surface area (Å²) in [5, 5.41) is 3.49. The molecule has 1 aliphatic heterocycles. The van der Waals surface area contributed by atoms with Gasteiger partial charge in [0.2, 0.25) is 0 Å². The van der Waals surface area contributed by atoms with Gasteiger partial charge in [0.15, 0.2) is 11.6 Å². The summed E-state index contributed by atoms with van der Waals surface area (Å²) < 4.78 is 26.4. The number of piperidine rings is 1. The van der Waals surface area contributed by atoms with Crippen LogP contribution in [0.15, 0.2) is 12.1 Å². The van der Waals surface area contributed by atoms with Crippen LogP contribution in [-0.4, -0.2) is 36.5 Å². The molecule has 0 unspecified atom stereocenters. The highest BCUT2D eigenvalue weighted by atomic mass is 35.5. The monoisotopic (exact) mass is 364 g/mol. The maximum absolute atomic E-state index is 13.3. The van der Waals surface area contributed by atoms with E-state index in [0.29, 0.717) is 19.1 Å². The van der Waals surface area contributed by atoms with Crippen LogP contribution in [0.4, 0.5) is 8.78 Å². The van der Waals surface area contributed by atoms with Gasteiger partial charge in [0, 0.05) is 19.1 Å². The Labute approximate surface area is 145 Å². The van der Waals surface area contributed by atoms with E-state index in [1.807, 2.05) is 0 Å². The second kappa shape index (κ2) is 7.77. The zero-order valence-corrected chi connectivity index (χ0v) is 14.2. The number of benzene rings is 1. The van der Waals surface area contributed by atoms with Crippen LogP contribution in [0.25, 0.3) is 0 Å². The predicted molar refractivity (Wildman–Crippen MR) is 88.3 cm³/mol. The molecule has 128 valence electrons. The Bertz CT molecular complexity index is 573. The van der Waals surface area contributed by atoms with Gasteiger partial charge in [0.05, 0.1) is 10.6 Å². The first-order chi connectivity index (χ1) is 10.5. The van der Waals surface area contributed by atoms with Crippen LogP contribution in [0, 0.1) is 17.6 Å². The molecule has 1 aromatic rings. The molecular weight excluding hydrogens is 345 g/mol. The van der Waals surface area contributed by atoms with Gasteiger partial charge in [-0.05, 0) is 50.3 Å². The van der Waals surface area contributed by atoms with E-state index in [-0.39, 0.29) is 28.9 Å². The smallest absolute Gasteiger partial charge is 0.255 e. The number of carbonyl (C=O) groups excluding carboxylic acids is 1. The molecule has 1 N–H and O–H groups in total. The number of carbonyl (C=O) groups is 1. The van der Waals surface area contributed by atoms with Gasteiger partial charge >= 0.3 is 0 Å². The van der Waals surface area contributed by atoms with Crippen molar-refractivity contribution in [1.82, 2.24) is 10.2 Å². The number of hydrogen-bond donors (Lipinski definition) is 1. The largest absolute Gasteiger partial charge is 0.338 e. The highest BCUT2D eigenvalue weighted by Crippen LogP contribution is 2.28. The van der Waals surface area contributed by atoms with Gasteiger partial charge in [-0.3, -0.25) is 4.79 Å². The number of hydrogen-bond acceptors (Lipinski definition) is 2. The molecule has 1 saturated heterocycles. The van der Waals surface area contributed by atoms with Crippen molar-refractivity contribution in [3.63, 3.8) is 0 Å². The molecule has 1 heterocycles. The molecule has 3 rings (SSSR count). The number of amides is 1. The summed E-state index contributed by atoms with van der Waals surface area (Å²) in [5.41, 5.74) is 0.0324. The van der Waals surface area contributed by atoms with Crippen molar-refractivity contribution in [3.8, 4) is 0 Å². The Morgan fingerprint density at radius 3 is 2.39 bits per heavy atom. The summed E-state index contributed by atoms with van der Waals surface area (Å²) in [6.45, 7) is 2.28. The van der Waals surface area contributed by atoms with Gasteiger partial charge in [0.25, 0.3) is 5.91 Å². The zero-order chi connectivity index (χ0) is 15.7. The van der Waals surface area contributed by atoms with E-state index in [2.05, 4.69) is 5.32 Å². The second-order valence-corrected chi connectivity index (χ2v) is 6.57. The third-order valence-electron chi connectivity index (χ3n) is 4.41. The third kappa shape index (κ3) is 4.55. The first kappa shape index (κ1) is 18.4. The maximum atomic E-state index is 13.3. The molecule has 1 saturated carbocycles. The van der Waals surface area contributed by atoms with Crippen molar-refractivity contribution in [2.45, 2.75) is 31.7 Å². The van der Waals surface area contributed by atoms with E-state index in [1.54, 1.807) is 4.90 Å². The summed E-state index contributed by atoms with van der Waals surface area (Å²) in [6, 6.07) is 2.18. The molecule has 7 heteroatoms. The summed E-state index contributed by atoms with van der Waals surface area (Å²) in [6.07, 6.45) is 4.39. The van der Waals surface area contributed by atoms with Crippen LogP contribution >= 0.6 is 24.0 Å². The number of rotatable bonds is 4. The quantitative estimate of drug-likeness (QED) is 0.827. The van der Waals surface area contributed by atoms with E-state index in [0.717, 1.165) is 37.4 Å². The topological polar surface area (TPSA) is 32.3 Å². The van der Waals surface area contributed by atoms with Gasteiger partial charge < -0.3 is 10.2 Å². The number of halogens is 4. The Morgan fingerprint density at radius 2 is 1.78 bits per heavy atom. The molecule has 1 amide bonds. The third-order valence-corrected chi connectivity index (χ3v) is 4.73. The average Bonchev–Trinajstić information content (AvgIpc) is 3.33. The SMILES string of the molecule is Cl.O=C(c1cc(F)c(F)cc1Cl)N1CCC(NCC2CC2)CC1. The predicted octanol–water partition coefficient (Wildman–Crippen LogP) is 3.64. The molecule has 3 nitrogen and oxygen atoms in total. The highest BCUT2D eigenvalue weighted by Gasteiger charge is 2.27. The van der Waals surface area contributed by atoms with Crippen molar-refractivity contribution in [3.05, 3.63) is 34.4 Å². The van der Waals surface area contributed by atoms with Crippen LogP contribution in [-0.2, 0) is 0 Å². The van der Waals surface area contributed by atoms with Crippen molar-refractivity contribution in [2.75, 3.05) is 19.6 Å². The van der Waals surface area contributed by atoms with Gasteiger partial charge in [0.1, 0.15) is 0 Å². The Hall–Kier alpha value is -0.910. The molecule has 0 atom stereocenters. The number of nitrogens with zero attached hydrogens (tertiary/aromatic N) is 1. The summed E-state index contributed by atoms with van der Waals surface area (Å²) in [7, 11) is 0. The fraction of sp³-hybridized carbons (Fsp3) is 0.562. The zero-order valence-electron chi connectivity index (χ0n) is 12.7. The van der Waals surface area contributed by atoms with E-state index >= 15 is 0 Å². The Kier molecular flexibility index (Phi) is 6.23. The normalized spacial score (nSPS) is 18.7. The molecule has 0 bridgehead atoms. The van der Waals surface area contributed by atoms with E-state index in [4.69, 9.17) is 11.6 Å². The second-order valence-electron chi connectivity index (χ2n) is 6.16. The summed E-state index contributed by atoms with van der Waals surface area (Å²) in [4.78, 5) is 14.1. The lowest BCUT2D eigenvalue weighted by Crippen LogP contribution is -2.45. The molecule has 2 aliphatic rings. The first-order valence-electron chi connectivity index (χ1n) is 7.72. The van der Waals surface area contributed by atoms with E-state index in [9.17, 15) is 13.6 Å². The first-order valence-corrected chi connectivity index (χ1v) is 8.09. The lowest BCUT2D eigenvalue weighted by molar-refractivity contribution is 0.0704. The van der Waals surface area contributed by atoms with Crippen molar-refractivity contribution in [1.29, 1.82) is 0 Å². The van der Waals surface area contributed by atoms with Crippen LogP contribution in [0.2, 0.25) is 5.02 Å². The van der Waals surface area contributed by atoms with Crippen molar-refractivity contribution >= 4 is 29.9 Å². The summed E-state index contributed by atoms with van der Waals surface area (Å²) >= 11 is 5.87. The molecule has 0 aromatic heterocycles. The molecule has 0 spiro atoms. The van der Waals surface area contributed by atoms with Gasteiger partial charge in [-0.25, -0.2) is 8.78 Å². The average molecular weight is 365 g/mol. The Balaban J connectivity index is 0.00000192. The van der Waals surface area contributed by atoms with Crippen LogP contribution in [0.5, 0.6) is 0 Å². The molecule has 1 aromatic carbocycles. The summed E-state index contributed by atoms with van der Waals surface area (Å²) in [5.74, 6) is -1.58. The lowest BCUT2D eigenvalue weighted by atomic mass is 10.0. The van der Waals surface area contributed by atoms with Crippen LogP contribution < -0.4 is 5.32 Å². The van der Waals surface area contributed by atoms with Gasteiger partial charge in [-0.15, -0.1) is 12.4 Å². The lowest BCUT2D eigenvalue weighted by Gasteiger charge is -2.32. The minimum absolute atomic E-state index is 0. The van der Waals surface area contributed by atoms with Crippen LogP contribution in [0.1, 0.15) is 36.0 Å². The minimum atomic E-state index is -1.05. The van der Waals surface area contributed by atoms with Gasteiger partial charge in [-0.2, -0.15) is 0 Å². The molecule has 1 aliphatic carbocycles. The number of likely N-dealkylation sites (tertiary alicyclic amines) is 1. The van der Waals surface area contributed by atoms with Crippen LogP contribution in [0.3, 0.4) is 0 Å². The molecule has 23 heavy (non-hydrogen) atoms.